The molecule has 1 saturated heterocycles. The van der Waals surface area contributed by atoms with Gasteiger partial charge in [0.25, 0.3) is 0 Å². The fraction of sp³-hybridized carbons (Fsp3) is 0.500. The molecule has 2 nitrogen and oxygen atoms in total. The Balaban J connectivity index is 2.30. The van der Waals surface area contributed by atoms with E-state index in [4.69, 9.17) is 5.73 Å². The number of allylic oxidation sites excluding steroid dienone is 2. The van der Waals surface area contributed by atoms with Crippen LogP contribution in [0, 0.1) is 5.92 Å². The second-order valence-electron chi connectivity index (χ2n) is 3.09. The summed E-state index contributed by atoms with van der Waals surface area (Å²) >= 11 is 0. The van der Waals surface area contributed by atoms with Crippen molar-refractivity contribution in [1.82, 2.24) is 5.32 Å². The first kappa shape index (κ1) is 6.13. The molecule has 1 aliphatic carbocycles. The Morgan fingerprint density at radius 1 is 1.50 bits per heavy atom. The van der Waals surface area contributed by atoms with E-state index in [0.29, 0.717) is 5.92 Å². The highest BCUT2D eigenvalue weighted by Gasteiger charge is 2.36. The van der Waals surface area contributed by atoms with Gasteiger partial charge in [0, 0.05) is 19.0 Å². The molecule has 1 unspecified atom stereocenters. The Kier molecular flexibility index (Phi) is 1.19. The van der Waals surface area contributed by atoms with Gasteiger partial charge in [-0.15, -0.1) is 0 Å². The van der Waals surface area contributed by atoms with E-state index in [9.17, 15) is 0 Å². The fourth-order valence-corrected chi connectivity index (χ4v) is 1.63. The third kappa shape index (κ3) is 0.728. The molecule has 2 rings (SSSR count). The minimum absolute atomic E-state index is 0.0885. The van der Waals surface area contributed by atoms with E-state index in [-0.39, 0.29) is 5.54 Å². The number of hydrogen-bond acceptors (Lipinski definition) is 2. The van der Waals surface area contributed by atoms with Gasteiger partial charge in [-0.2, -0.15) is 0 Å². The van der Waals surface area contributed by atoms with Crippen LogP contribution in [-0.4, -0.2) is 18.6 Å². The van der Waals surface area contributed by atoms with Crippen molar-refractivity contribution in [2.75, 3.05) is 13.1 Å². The van der Waals surface area contributed by atoms with E-state index < -0.39 is 0 Å². The molecule has 1 heterocycles. The zero-order chi connectivity index (χ0) is 7.03. The topological polar surface area (TPSA) is 38.0 Å². The number of fused-ring (bicyclic) bond motifs is 1. The van der Waals surface area contributed by atoms with Crippen LogP contribution in [0.3, 0.4) is 0 Å². The lowest BCUT2D eigenvalue weighted by atomic mass is 9.85. The lowest BCUT2D eigenvalue weighted by Crippen LogP contribution is -2.45. The average molecular weight is 136 g/mol. The minimum atomic E-state index is -0.0885. The van der Waals surface area contributed by atoms with Crippen LogP contribution in [0.1, 0.15) is 0 Å². The van der Waals surface area contributed by atoms with E-state index in [2.05, 4.69) is 23.5 Å². The van der Waals surface area contributed by atoms with Gasteiger partial charge in [0.05, 0.1) is 5.54 Å². The second kappa shape index (κ2) is 1.94. The Morgan fingerprint density at radius 3 is 3.20 bits per heavy atom. The highest BCUT2D eigenvalue weighted by Crippen LogP contribution is 2.24. The molecule has 0 spiro atoms. The van der Waals surface area contributed by atoms with Crippen molar-refractivity contribution in [3.8, 4) is 0 Å². The van der Waals surface area contributed by atoms with E-state index >= 15 is 0 Å². The minimum Gasteiger partial charge on any atom is -0.320 e. The normalized spacial score (nSPS) is 43.9. The Labute approximate surface area is 60.8 Å². The monoisotopic (exact) mass is 136 g/mol. The Hall–Kier alpha value is -0.600. The zero-order valence-corrected chi connectivity index (χ0v) is 5.88. The predicted octanol–water partition coefficient (Wildman–Crippen LogP) is 0.0293. The summed E-state index contributed by atoms with van der Waals surface area (Å²) in [6, 6.07) is 0. The van der Waals surface area contributed by atoms with Gasteiger partial charge in [-0.1, -0.05) is 24.3 Å². The quantitative estimate of drug-likeness (QED) is 0.493. The van der Waals surface area contributed by atoms with Crippen LogP contribution in [0.25, 0.3) is 0 Å². The maximum absolute atomic E-state index is 6.06. The average Bonchev–Trinajstić information content (AvgIpc) is 2.29. The van der Waals surface area contributed by atoms with Crippen LogP contribution < -0.4 is 11.1 Å². The molecule has 1 aliphatic heterocycles. The van der Waals surface area contributed by atoms with Gasteiger partial charge in [-0.3, -0.25) is 0 Å². The van der Waals surface area contributed by atoms with Crippen molar-refractivity contribution in [2.45, 2.75) is 5.54 Å². The lowest BCUT2D eigenvalue weighted by Gasteiger charge is -2.26. The van der Waals surface area contributed by atoms with Gasteiger partial charge in [-0.25, -0.2) is 0 Å². The molecule has 2 heteroatoms. The third-order valence-electron chi connectivity index (χ3n) is 2.35. The molecule has 0 aromatic rings. The molecule has 0 aromatic carbocycles. The molecule has 0 amide bonds. The molecular formula is C8H12N2. The van der Waals surface area contributed by atoms with E-state index in [1.54, 1.807) is 0 Å². The molecule has 10 heavy (non-hydrogen) atoms. The van der Waals surface area contributed by atoms with Crippen molar-refractivity contribution in [3.05, 3.63) is 24.3 Å². The van der Waals surface area contributed by atoms with Crippen LogP contribution in [0.2, 0.25) is 0 Å². The van der Waals surface area contributed by atoms with Gasteiger partial charge in [0.15, 0.2) is 0 Å². The number of nitrogens with two attached hydrogens (primary N) is 1. The predicted molar refractivity (Wildman–Crippen MR) is 41.6 cm³/mol. The van der Waals surface area contributed by atoms with Gasteiger partial charge in [-0.05, 0) is 0 Å². The first-order chi connectivity index (χ1) is 4.81. The third-order valence-corrected chi connectivity index (χ3v) is 2.35. The van der Waals surface area contributed by atoms with Crippen LogP contribution in [0.15, 0.2) is 24.3 Å². The summed E-state index contributed by atoms with van der Waals surface area (Å²) in [6.07, 6.45) is 8.38. The van der Waals surface area contributed by atoms with Crippen LogP contribution >= 0.6 is 0 Å². The van der Waals surface area contributed by atoms with Crippen molar-refractivity contribution in [2.24, 2.45) is 11.7 Å². The van der Waals surface area contributed by atoms with Gasteiger partial charge in [0.2, 0.25) is 0 Å². The standard InChI is InChI=1S/C8H12N2/c9-8-4-2-1-3-7(8)5-10-6-8/h1-4,7,10H,5-6,9H2/t7-,8?/m0/s1. The molecule has 2 aliphatic rings. The second-order valence-corrected chi connectivity index (χ2v) is 3.09. The first-order valence-corrected chi connectivity index (χ1v) is 3.67. The molecule has 0 bridgehead atoms. The van der Waals surface area contributed by atoms with Crippen molar-refractivity contribution >= 4 is 0 Å². The number of hydrogen-bond donors (Lipinski definition) is 2. The molecule has 2 atom stereocenters. The van der Waals surface area contributed by atoms with Crippen LogP contribution in [0.4, 0.5) is 0 Å². The van der Waals surface area contributed by atoms with Crippen molar-refractivity contribution < 1.29 is 0 Å². The summed E-state index contributed by atoms with van der Waals surface area (Å²) in [5.41, 5.74) is 5.98. The molecule has 3 N–H and O–H groups in total. The molecule has 0 radical (unpaired) electrons. The summed E-state index contributed by atoms with van der Waals surface area (Å²) in [4.78, 5) is 0. The fourth-order valence-electron chi connectivity index (χ4n) is 1.63. The summed E-state index contributed by atoms with van der Waals surface area (Å²) in [5.74, 6) is 0.512. The van der Waals surface area contributed by atoms with Crippen LogP contribution in [-0.2, 0) is 0 Å². The van der Waals surface area contributed by atoms with E-state index in [1.807, 2.05) is 6.08 Å². The van der Waals surface area contributed by atoms with Gasteiger partial charge in [0.1, 0.15) is 0 Å². The summed E-state index contributed by atoms with van der Waals surface area (Å²) in [6.45, 7) is 1.94. The molecule has 54 valence electrons. The SMILES string of the molecule is NC12C=CC=C[C@H]1CNC2. The van der Waals surface area contributed by atoms with Crippen molar-refractivity contribution in [1.29, 1.82) is 0 Å². The van der Waals surface area contributed by atoms with E-state index in [0.717, 1.165) is 13.1 Å². The smallest absolute Gasteiger partial charge is 0.0544 e. The summed E-state index contributed by atoms with van der Waals surface area (Å²) in [5, 5.41) is 3.28. The molecule has 1 fully saturated rings. The maximum atomic E-state index is 6.06. The van der Waals surface area contributed by atoms with Crippen LogP contribution in [0.5, 0.6) is 0 Å². The Bertz CT molecular complexity index is 195. The number of nitrogens with one attached hydrogen (secondary N) is 1. The van der Waals surface area contributed by atoms with Gasteiger partial charge < -0.3 is 11.1 Å². The molecule has 0 saturated carbocycles. The largest absolute Gasteiger partial charge is 0.320 e. The molecule has 0 aromatic heterocycles. The van der Waals surface area contributed by atoms with E-state index in [1.165, 1.54) is 0 Å². The highest BCUT2D eigenvalue weighted by atomic mass is 15.0. The summed E-state index contributed by atoms with van der Waals surface area (Å²) in [7, 11) is 0. The zero-order valence-electron chi connectivity index (χ0n) is 5.88. The lowest BCUT2D eigenvalue weighted by molar-refractivity contribution is 0.489. The highest BCUT2D eigenvalue weighted by molar-refractivity contribution is 5.26. The maximum Gasteiger partial charge on any atom is 0.0544 e. The van der Waals surface area contributed by atoms with Crippen molar-refractivity contribution in [3.63, 3.8) is 0 Å². The molecular weight excluding hydrogens is 124 g/mol. The number of rotatable bonds is 0. The van der Waals surface area contributed by atoms with Gasteiger partial charge >= 0.3 is 0 Å². The summed E-state index contributed by atoms with van der Waals surface area (Å²) < 4.78 is 0. The first-order valence-electron chi connectivity index (χ1n) is 3.67. The Morgan fingerprint density at radius 2 is 2.40 bits per heavy atom.